The maximum Gasteiger partial charge on any atom is 0.243 e. The molecule has 0 unspecified atom stereocenters. The maximum atomic E-state index is 13.0. The van der Waals surface area contributed by atoms with Gasteiger partial charge in [-0.05, 0) is 50.9 Å². The summed E-state index contributed by atoms with van der Waals surface area (Å²) in [5, 5.41) is 0. The summed E-state index contributed by atoms with van der Waals surface area (Å²) in [5.74, 6) is 6.14. The van der Waals surface area contributed by atoms with Crippen LogP contribution in [-0.2, 0) is 14.2 Å². The highest BCUT2D eigenvalue weighted by Gasteiger charge is 2.20. The number of Topliss-reactive ketones (excluding diaryl/α,β-unsaturated/α-hetero) is 1. The molecular formula is C34H46O7. The molecule has 0 heterocycles. The number of carbonyl (C=O) groups excluding carboxylic acids is 1. The molecule has 41 heavy (non-hydrogen) atoms. The highest BCUT2D eigenvalue weighted by molar-refractivity contribution is 6.12. The van der Waals surface area contributed by atoms with E-state index in [0.717, 1.165) is 44.9 Å². The van der Waals surface area contributed by atoms with Gasteiger partial charge in [0.15, 0.2) is 20.4 Å². The minimum atomic E-state index is -0.421. The van der Waals surface area contributed by atoms with Crippen LogP contribution in [-0.4, -0.2) is 47.5 Å². The van der Waals surface area contributed by atoms with E-state index in [-0.39, 0.29) is 37.4 Å². The van der Waals surface area contributed by atoms with E-state index in [2.05, 4.69) is 79.5 Å². The van der Waals surface area contributed by atoms with Gasteiger partial charge in [-0.25, -0.2) is 0 Å². The second kappa shape index (κ2) is 25.4. The summed E-state index contributed by atoms with van der Waals surface area (Å²) in [5.41, 5.74) is 0.189. The fraction of sp³-hybridized carbons (Fsp3) is 0.441. The number of ketones is 1. The van der Waals surface area contributed by atoms with E-state index in [9.17, 15) is 4.79 Å². The smallest absolute Gasteiger partial charge is 0.243 e. The van der Waals surface area contributed by atoms with Gasteiger partial charge in [-0.2, -0.15) is 0 Å². The van der Waals surface area contributed by atoms with E-state index < -0.39 is 5.78 Å². The lowest BCUT2D eigenvalue weighted by Crippen LogP contribution is -2.10. The Morgan fingerprint density at radius 1 is 0.683 bits per heavy atom. The molecule has 0 aliphatic carbocycles. The molecule has 0 aliphatic rings. The average molecular weight is 567 g/mol. The summed E-state index contributed by atoms with van der Waals surface area (Å²) in [6.07, 6.45) is 29.1. The minimum Gasteiger partial charge on any atom is -0.467 e. The number of ether oxygens (including phenoxy) is 6. The van der Waals surface area contributed by atoms with E-state index >= 15 is 0 Å². The highest BCUT2D eigenvalue weighted by atomic mass is 16.7. The summed E-state index contributed by atoms with van der Waals surface area (Å²) in [4.78, 5) is 13.0. The van der Waals surface area contributed by atoms with Crippen molar-refractivity contribution in [2.45, 2.75) is 58.3 Å². The number of unbranched alkanes of at least 4 members (excludes halogenated alkanes) is 2. The number of carbonyl (C=O) groups is 1. The van der Waals surface area contributed by atoms with Crippen LogP contribution in [0.1, 0.15) is 68.6 Å². The van der Waals surface area contributed by atoms with Crippen LogP contribution in [0.3, 0.4) is 0 Å². The molecule has 7 nitrogen and oxygen atoms in total. The Hall–Kier alpha value is -3.57. The van der Waals surface area contributed by atoms with E-state index in [1.807, 2.05) is 0 Å². The number of rotatable bonds is 22. The first kappa shape index (κ1) is 35.5. The summed E-state index contributed by atoms with van der Waals surface area (Å²) < 4.78 is 31.7. The van der Waals surface area contributed by atoms with Crippen molar-refractivity contribution >= 4 is 5.78 Å². The fourth-order valence-electron chi connectivity index (χ4n) is 3.35. The van der Waals surface area contributed by atoms with Crippen molar-refractivity contribution in [1.82, 2.24) is 0 Å². The summed E-state index contributed by atoms with van der Waals surface area (Å²) >= 11 is 0. The van der Waals surface area contributed by atoms with E-state index in [1.165, 1.54) is 21.3 Å². The van der Waals surface area contributed by atoms with Crippen molar-refractivity contribution < 1.29 is 33.2 Å². The molecule has 0 spiro atoms. The van der Waals surface area contributed by atoms with Crippen LogP contribution in [0.25, 0.3) is 0 Å². The van der Waals surface area contributed by atoms with E-state index in [1.54, 1.807) is 12.1 Å². The zero-order valence-electron chi connectivity index (χ0n) is 25.1. The third-order valence-electron chi connectivity index (χ3n) is 5.31. The molecule has 1 aromatic carbocycles. The predicted octanol–water partition coefficient (Wildman–Crippen LogP) is 7.74. The molecule has 0 N–H and O–H groups in total. The maximum absolute atomic E-state index is 13.0. The third kappa shape index (κ3) is 17.7. The Morgan fingerprint density at radius 2 is 1.15 bits per heavy atom. The van der Waals surface area contributed by atoms with Crippen LogP contribution in [0.2, 0.25) is 0 Å². The van der Waals surface area contributed by atoms with Gasteiger partial charge in [-0.1, -0.05) is 73.6 Å². The Kier molecular flexibility index (Phi) is 22.0. The van der Waals surface area contributed by atoms with Crippen molar-refractivity contribution in [1.29, 1.82) is 0 Å². The Morgan fingerprint density at radius 3 is 1.63 bits per heavy atom. The molecule has 0 atom stereocenters. The van der Waals surface area contributed by atoms with Crippen molar-refractivity contribution in [3.8, 4) is 29.1 Å². The Bertz CT molecular complexity index is 1030. The summed E-state index contributed by atoms with van der Waals surface area (Å²) in [6.45, 7) is 2.06. The topological polar surface area (TPSA) is 72.5 Å². The van der Waals surface area contributed by atoms with Gasteiger partial charge in [0.25, 0.3) is 0 Å². The van der Waals surface area contributed by atoms with Crippen molar-refractivity contribution in [2.75, 3.05) is 41.7 Å². The minimum absolute atomic E-state index is 0.0262. The van der Waals surface area contributed by atoms with Gasteiger partial charge in [0.1, 0.15) is 22.8 Å². The van der Waals surface area contributed by atoms with Crippen LogP contribution in [0.5, 0.6) is 17.2 Å². The van der Waals surface area contributed by atoms with E-state index in [0.29, 0.717) is 12.2 Å². The Balaban J connectivity index is 2.52. The van der Waals surface area contributed by atoms with Crippen LogP contribution in [0.15, 0.2) is 72.9 Å². The van der Waals surface area contributed by atoms with Gasteiger partial charge < -0.3 is 28.4 Å². The molecular weight excluding hydrogens is 520 g/mol. The van der Waals surface area contributed by atoms with Gasteiger partial charge in [0.05, 0.1) is 0 Å². The fourth-order valence-corrected chi connectivity index (χ4v) is 3.35. The zero-order valence-corrected chi connectivity index (χ0v) is 25.1. The molecule has 1 rings (SSSR count). The molecule has 7 heteroatoms. The number of methoxy groups -OCH3 is 3. The predicted molar refractivity (Wildman–Crippen MR) is 164 cm³/mol. The first-order valence-corrected chi connectivity index (χ1v) is 14.0. The van der Waals surface area contributed by atoms with Gasteiger partial charge in [0.2, 0.25) is 5.78 Å². The molecule has 0 aromatic heterocycles. The van der Waals surface area contributed by atoms with Gasteiger partial charge >= 0.3 is 0 Å². The number of hydrogen-bond acceptors (Lipinski definition) is 7. The van der Waals surface area contributed by atoms with Crippen molar-refractivity contribution in [3.05, 3.63) is 78.5 Å². The number of hydrogen-bond donors (Lipinski definition) is 0. The molecule has 0 saturated heterocycles. The number of allylic oxidation sites excluding steroid dienone is 10. The molecule has 0 radical (unpaired) electrons. The van der Waals surface area contributed by atoms with Crippen LogP contribution in [0.4, 0.5) is 0 Å². The van der Waals surface area contributed by atoms with Gasteiger partial charge in [-0.15, -0.1) is 0 Å². The highest BCUT2D eigenvalue weighted by Crippen LogP contribution is 2.35. The SMILES string of the molecule is CC/C=C\C/C=C\C/C=C\C/C=C\C/C=C\CCCC#CC(=O)c1c(OCOC)cc(OCOC)cc1OCOC. The first-order valence-electron chi connectivity index (χ1n) is 14.0. The standard InChI is InChI=1S/C34H46O7/c1-5-6-7-8-9-10-11-12-13-14-15-16-17-18-19-20-21-22-23-24-31(35)34-32(40-28-37-3)25-30(39-27-36-2)26-33(34)41-29-38-4/h6-7,9-10,12-13,15-16,18-19,25-26H,5,8,11,14,17,20-22,27-29H2,1-4H3/b7-6-,10-9-,13-12-,16-15-,19-18-. The monoisotopic (exact) mass is 566 g/mol. The third-order valence-corrected chi connectivity index (χ3v) is 5.31. The lowest BCUT2D eigenvalue weighted by molar-refractivity contribution is 0.0401. The first-order chi connectivity index (χ1) is 20.2. The summed E-state index contributed by atoms with van der Waals surface area (Å²) in [6, 6.07) is 3.15. The second-order valence-corrected chi connectivity index (χ2v) is 8.68. The quantitative estimate of drug-likeness (QED) is 0.0355. The van der Waals surface area contributed by atoms with Crippen LogP contribution in [0, 0.1) is 11.8 Å². The van der Waals surface area contributed by atoms with Crippen molar-refractivity contribution in [3.63, 3.8) is 0 Å². The zero-order chi connectivity index (χ0) is 29.8. The van der Waals surface area contributed by atoms with Crippen LogP contribution < -0.4 is 14.2 Å². The lowest BCUT2D eigenvalue weighted by Gasteiger charge is -2.16. The van der Waals surface area contributed by atoms with Gasteiger partial charge in [-0.3, -0.25) is 4.79 Å². The van der Waals surface area contributed by atoms with Crippen molar-refractivity contribution in [2.24, 2.45) is 0 Å². The molecule has 0 aliphatic heterocycles. The summed E-state index contributed by atoms with van der Waals surface area (Å²) in [7, 11) is 4.50. The van der Waals surface area contributed by atoms with Crippen LogP contribution >= 0.6 is 0 Å². The molecule has 0 fully saturated rings. The second-order valence-electron chi connectivity index (χ2n) is 8.68. The molecule has 0 bridgehead atoms. The Labute approximate surface area is 246 Å². The lowest BCUT2D eigenvalue weighted by atomic mass is 10.1. The van der Waals surface area contributed by atoms with Gasteiger partial charge in [0, 0.05) is 39.9 Å². The average Bonchev–Trinajstić information content (AvgIpc) is 2.98. The molecule has 0 amide bonds. The normalized spacial score (nSPS) is 11.7. The van der Waals surface area contributed by atoms with E-state index in [4.69, 9.17) is 28.4 Å². The molecule has 0 saturated carbocycles. The molecule has 1 aromatic rings. The molecule has 224 valence electrons. The number of benzene rings is 1. The largest absolute Gasteiger partial charge is 0.467 e.